The van der Waals surface area contributed by atoms with Gasteiger partial charge in [-0.15, -0.1) is 5.10 Å². The Labute approximate surface area is 150 Å². The average Bonchev–Trinajstić information content (AvgIpc) is 3.04. The number of carbonyl (C=O) groups is 1. The van der Waals surface area contributed by atoms with Crippen LogP contribution in [0.15, 0.2) is 54.6 Å². The monoisotopic (exact) mass is 350 g/mol. The molecule has 0 fully saturated rings. The summed E-state index contributed by atoms with van der Waals surface area (Å²) in [6, 6.07) is 16.5. The number of para-hydroxylation sites is 1. The van der Waals surface area contributed by atoms with Gasteiger partial charge in [-0.25, -0.2) is 4.79 Å². The Balaban J connectivity index is 1.46. The van der Waals surface area contributed by atoms with Gasteiger partial charge in [0.1, 0.15) is 18.1 Å². The molecular formula is C18H18N6O2. The zero-order valence-electron chi connectivity index (χ0n) is 13.9. The molecule has 132 valence electrons. The maximum absolute atomic E-state index is 12.1. The summed E-state index contributed by atoms with van der Waals surface area (Å²) < 4.78 is 5.50. The molecule has 8 heteroatoms. The van der Waals surface area contributed by atoms with E-state index in [9.17, 15) is 4.79 Å². The van der Waals surface area contributed by atoms with Gasteiger partial charge in [0, 0.05) is 17.1 Å². The van der Waals surface area contributed by atoms with Crippen LogP contribution in [0.1, 0.15) is 0 Å². The number of hydrogen-bond donors (Lipinski definition) is 4. The molecular weight excluding hydrogens is 332 g/mol. The quantitative estimate of drug-likeness (QED) is 0.580. The van der Waals surface area contributed by atoms with Gasteiger partial charge in [-0.1, -0.05) is 18.2 Å². The highest BCUT2D eigenvalue weighted by molar-refractivity contribution is 5.99. The number of benzene rings is 2. The van der Waals surface area contributed by atoms with E-state index in [1.807, 2.05) is 59.5 Å². The minimum absolute atomic E-state index is 0.295. The molecule has 5 N–H and O–H groups in total. The zero-order valence-corrected chi connectivity index (χ0v) is 13.9. The molecule has 0 atom stereocenters. The lowest BCUT2D eigenvalue weighted by Crippen LogP contribution is -2.28. The number of rotatable bonds is 3. The summed E-state index contributed by atoms with van der Waals surface area (Å²) in [6.07, 6.45) is 0. The lowest BCUT2D eigenvalue weighted by atomic mass is 10.2. The summed E-state index contributed by atoms with van der Waals surface area (Å²) in [7, 11) is 0. The number of nitrogens with two attached hydrogens (primary N) is 1. The number of aromatic amines is 1. The highest BCUT2D eigenvalue weighted by Crippen LogP contribution is 2.39. The van der Waals surface area contributed by atoms with Crippen LogP contribution in [0.2, 0.25) is 0 Å². The first-order valence-electron chi connectivity index (χ1n) is 8.18. The van der Waals surface area contributed by atoms with Gasteiger partial charge in [0.2, 0.25) is 0 Å². The number of aromatic nitrogens is 2. The molecule has 2 amide bonds. The molecule has 0 saturated carbocycles. The van der Waals surface area contributed by atoms with Crippen molar-refractivity contribution >= 4 is 34.6 Å². The first kappa shape index (κ1) is 15.8. The number of H-pyrrole nitrogens is 1. The maximum Gasteiger partial charge on any atom is 0.323 e. The lowest BCUT2D eigenvalue weighted by molar-refractivity contribution is 0.262. The molecule has 26 heavy (non-hydrogen) atoms. The summed E-state index contributed by atoms with van der Waals surface area (Å²) in [6.45, 7) is 1.19. The third-order valence-electron chi connectivity index (χ3n) is 4.03. The summed E-state index contributed by atoms with van der Waals surface area (Å²) in [5.74, 6) is 0.960. The molecule has 2 aromatic carbocycles. The van der Waals surface area contributed by atoms with E-state index in [0.29, 0.717) is 30.5 Å². The standard InChI is InChI=1S/C18H18N6O2/c19-16-15-17(23-22-16)26-11-10-24(15)14-8-6-13(7-9-14)21-18(25)20-12-4-2-1-3-5-12/h1-9H,10-11H2,(H3,19,22,23)(H2,20,21,25). The molecule has 1 aromatic heterocycles. The second-order valence-corrected chi connectivity index (χ2v) is 5.78. The van der Waals surface area contributed by atoms with E-state index in [2.05, 4.69) is 20.8 Å². The third kappa shape index (κ3) is 3.12. The molecule has 3 aromatic rings. The smallest absolute Gasteiger partial charge is 0.323 e. The Morgan fingerprint density at radius 1 is 1.08 bits per heavy atom. The van der Waals surface area contributed by atoms with Crippen LogP contribution in [0, 0.1) is 0 Å². The number of urea groups is 1. The van der Waals surface area contributed by atoms with Crippen LogP contribution in [0.5, 0.6) is 5.88 Å². The molecule has 1 aliphatic heterocycles. The van der Waals surface area contributed by atoms with Crippen molar-refractivity contribution in [1.29, 1.82) is 0 Å². The van der Waals surface area contributed by atoms with E-state index >= 15 is 0 Å². The normalized spacial score (nSPS) is 12.8. The van der Waals surface area contributed by atoms with Crippen LogP contribution >= 0.6 is 0 Å². The first-order chi connectivity index (χ1) is 12.7. The third-order valence-corrected chi connectivity index (χ3v) is 4.03. The summed E-state index contributed by atoms with van der Waals surface area (Å²) in [5, 5.41) is 12.4. The predicted octanol–water partition coefficient (Wildman–Crippen LogP) is 3.17. The minimum atomic E-state index is -0.295. The molecule has 1 aliphatic rings. The fourth-order valence-electron chi connectivity index (χ4n) is 2.84. The van der Waals surface area contributed by atoms with Gasteiger partial charge in [0.15, 0.2) is 0 Å². The van der Waals surface area contributed by atoms with Crippen LogP contribution in [-0.4, -0.2) is 29.4 Å². The zero-order chi connectivity index (χ0) is 17.9. The minimum Gasteiger partial charge on any atom is -0.473 e. The number of hydrogen-bond acceptors (Lipinski definition) is 5. The molecule has 0 saturated heterocycles. The molecule has 0 radical (unpaired) electrons. The highest BCUT2D eigenvalue weighted by Gasteiger charge is 2.25. The SMILES string of the molecule is Nc1[nH]nc2c1N(c1ccc(NC(=O)Nc3ccccc3)cc1)CCO2. The van der Waals surface area contributed by atoms with Crippen molar-refractivity contribution in [3.63, 3.8) is 0 Å². The molecule has 0 spiro atoms. The van der Waals surface area contributed by atoms with Crippen molar-refractivity contribution in [3.05, 3.63) is 54.6 Å². The molecule has 0 aliphatic carbocycles. The topological polar surface area (TPSA) is 108 Å². The van der Waals surface area contributed by atoms with Crippen molar-refractivity contribution in [3.8, 4) is 5.88 Å². The first-order valence-corrected chi connectivity index (χ1v) is 8.18. The summed E-state index contributed by atoms with van der Waals surface area (Å²) in [4.78, 5) is 14.1. The van der Waals surface area contributed by atoms with Crippen LogP contribution in [0.25, 0.3) is 0 Å². The molecule has 8 nitrogen and oxygen atoms in total. The number of carbonyl (C=O) groups excluding carboxylic acids is 1. The van der Waals surface area contributed by atoms with E-state index in [1.165, 1.54) is 0 Å². The number of amides is 2. The Bertz CT molecular complexity index is 907. The van der Waals surface area contributed by atoms with Crippen LogP contribution < -0.4 is 26.0 Å². The number of nitrogens with one attached hydrogen (secondary N) is 3. The van der Waals surface area contributed by atoms with E-state index in [4.69, 9.17) is 10.5 Å². The van der Waals surface area contributed by atoms with Gasteiger partial charge in [-0.3, -0.25) is 5.10 Å². The Kier molecular flexibility index (Phi) is 4.06. The summed E-state index contributed by atoms with van der Waals surface area (Å²) in [5.41, 5.74) is 9.05. The Morgan fingerprint density at radius 2 is 1.77 bits per heavy atom. The fraction of sp³-hybridized carbons (Fsp3) is 0.111. The number of fused-ring (bicyclic) bond motifs is 1. The highest BCUT2D eigenvalue weighted by atomic mass is 16.5. The molecule has 0 unspecified atom stereocenters. The Morgan fingerprint density at radius 3 is 2.50 bits per heavy atom. The average molecular weight is 350 g/mol. The molecule has 0 bridgehead atoms. The van der Waals surface area contributed by atoms with Crippen LogP contribution in [-0.2, 0) is 0 Å². The second-order valence-electron chi connectivity index (χ2n) is 5.78. The van der Waals surface area contributed by atoms with Gasteiger partial charge in [0.25, 0.3) is 5.88 Å². The molecule has 2 heterocycles. The Hall–Kier alpha value is -3.68. The van der Waals surface area contributed by atoms with Gasteiger partial charge >= 0.3 is 6.03 Å². The van der Waals surface area contributed by atoms with Gasteiger partial charge in [0.05, 0.1) is 6.54 Å². The van der Waals surface area contributed by atoms with E-state index < -0.39 is 0 Å². The van der Waals surface area contributed by atoms with Crippen molar-refractivity contribution < 1.29 is 9.53 Å². The fourth-order valence-corrected chi connectivity index (χ4v) is 2.84. The van der Waals surface area contributed by atoms with Gasteiger partial charge in [-0.2, -0.15) is 0 Å². The van der Waals surface area contributed by atoms with Crippen LogP contribution in [0.3, 0.4) is 0 Å². The number of ether oxygens (including phenoxy) is 1. The van der Waals surface area contributed by atoms with Crippen LogP contribution in [0.4, 0.5) is 33.4 Å². The number of nitrogen functional groups attached to an aromatic ring is 1. The van der Waals surface area contributed by atoms with Crippen molar-refractivity contribution in [2.75, 3.05) is 34.4 Å². The van der Waals surface area contributed by atoms with Crippen molar-refractivity contribution in [1.82, 2.24) is 10.2 Å². The van der Waals surface area contributed by atoms with Crippen molar-refractivity contribution in [2.24, 2.45) is 0 Å². The maximum atomic E-state index is 12.1. The largest absolute Gasteiger partial charge is 0.473 e. The van der Waals surface area contributed by atoms with E-state index in [-0.39, 0.29) is 6.03 Å². The molecule has 4 rings (SSSR count). The van der Waals surface area contributed by atoms with Crippen molar-refractivity contribution in [2.45, 2.75) is 0 Å². The van der Waals surface area contributed by atoms with Gasteiger partial charge < -0.3 is 26.0 Å². The van der Waals surface area contributed by atoms with E-state index in [0.717, 1.165) is 17.1 Å². The predicted molar refractivity (Wildman–Crippen MR) is 101 cm³/mol. The summed E-state index contributed by atoms with van der Waals surface area (Å²) >= 11 is 0. The second kappa shape index (κ2) is 6.67. The number of anilines is 5. The lowest BCUT2D eigenvalue weighted by Gasteiger charge is -2.28. The van der Waals surface area contributed by atoms with E-state index in [1.54, 1.807) is 0 Å². The van der Waals surface area contributed by atoms with Gasteiger partial charge in [-0.05, 0) is 36.4 Å². The number of nitrogens with zero attached hydrogens (tertiary/aromatic N) is 2.